The molecular weight excluding hydrogens is 1750 g/mol. The third-order valence-electron chi connectivity index (χ3n) is 21.2. The number of nitrogens with one attached hydrogen (secondary N) is 5. The van der Waals surface area contributed by atoms with Crippen LogP contribution in [0.3, 0.4) is 0 Å². The normalized spacial score (nSPS) is 12.9. The molecule has 0 aliphatic heterocycles. The number of aromatic amines is 4. The Balaban J connectivity index is 0.000000172. The number of nitriles is 1. The molecule has 0 radical (unpaired) electrons. The smallest absolute Gasteiger partial charge is 0.329 e. The van der Waals surface area contributed by atoms with Crippen LogP contribution in [0.4, 0.5) is 10.3 Å². The van der Waals surface area contributed by atoms with E-state index in [1.165, 1.54) is 57.1 Å². The monoisotopic (exact) mass is 1850 g/mol. The van der Waals surface area contributed by atoms with E-state index >= 15 is 0 Å². The topological polar surface area (TPSA) is 576 Å². The number of hydrogen-bond acceptors (Lipinski definition) is 29. The van der Waals surface area contributed by atoms with Crippen molar-refractivity contribution in [1.29, 1.82) is 5.26 Å². The summed E-state index contributed by atoms with van der Waals surface area (Å²) in [6.07, 6.45) is 13.0. The number of carboxylic acid groups (broad SMARTS) is 2. The van der Waals surface area contributed by atoms with Gasteiger partial charge < -0.3 is 66.5 Å². The molecule has 16 N–H and O–H groups in total. The number of aliphatic carboxylic acids is 2. The number of furan rings is 1. The van der Waals surface area contributed by atoms with Crippen LogP contribution in [0.1, 0.15) is 146 Å². The third-order valence-corrected chi connectivity index (χ3v) is 22.6. The fraction of sp³-hybridized carbons (Fsp3) is 0.281. The van der Waals surface area contributed by atoms with E-state index in [-0.39, 0.29) is 78.5 Å². The number of hydrogen-bond donors (Lipinski definition) is 10. The van der Waals surface area contributed by atoms with Crippen molar-refractivity contribution in [3.63, 3.8) is 0 Å². The van der Waals surface area contributed by atoms with Crippen molar-refractivity contribution in [2.24, 2.45) is 37.6 Å². The minimum absolute atomic E-state index is 0. The van der Waals surface area contributed by atoms with Gasteiger partial charge >= 0.3 is 17.1 Å². The molecule has 17 rings (SSSR count). The molecule has 1 aliphatic rings. The minimum atomic E-state index is -1.02. The average molecular weight is 1850 g/mol. The lowest BCUT2D eigenvalue weighted by molar-refractivity contribution is -0.476. The number of carbonyl (C=O) groups excluding carboxylic acids is 3. The van der Waals surface area contributed by atoms with E-state index in [9.17, 15) is 24.0 Å². The molecule has 38 nitrogen and oxygen atoms in total. The number of carboxylic acids is 2. The number of imidazole rings is 1. The fourth-order valence-electron chi connectivity index (χ4n) is 13.7. The number of halogens is 2. The zero-order valence-corrected chi connectivity index (χ0v) is 75.7. The van der Waals surface area contributed by atoms with Crippen LogP contribution in [0.25, 0.3) is 79.4 Å². The molecule has 9 heterocycles. The first-order valence-electron chi connectivity index (χ1n) is 41.3. The molecule has 1 amide bonds. The van der Waals surface area contributed by atoms with Gasteiger partial charge in [-0.3, -0.25) is 29.7 Å². The molecule has 7 aromatic carbocycles. The summed E-state index contributed by atoms with van der Waals surface area (Å²) in [5, 5.41) is 99.7. The van der Waals surface area contributed by atoms with Crippen LogP contribution in [-0.2, 0) is 71.8 Å². The van der Waals surface area contributed by atoms with Crippen LogP contribution in [0.5, 0.6) is 0 Å². The van der Waals surface area contributed by atoms with Gasteiger partial charge in [0.2, 0.25) is 29.1 Å². The third kappa shape index (κ3) is 28.4. The van der Waals surface area contributed by atoms with Crippen LogP contribution in [0, 0.1) is 29.1 Å². The van der Waals surface area contributed by atoms with Crippen molar-refractivity contribution >= 4 is 73.4 Å². The molecule has 0 spiro atoms. The first-order chi connectivity index (χ1) is 62.3. The lowest BCUT2D eigenvalue weighted by atomic mass is 9.95. The number of quaternary nitrogens is 1. The summed E-state index contributed by atoms with van der Waals surface area (Å²) >= 11 is 2.85. The summed E-state index contributed by atoms with van der Waals surface area (Å²) < 4.78 is 7.72. The molecule has 16 aromatic rings. The van der Waals surface area contributed by atoms with Crippen molar-refractivity contribution in [3.8, 4) is 74.4 Å². The van der Waals surface area contributed by atoms with Gasteiger partial charge in [0.1, 0.15) is 29.7 Å². The Morgan fingerprint density at radius 1 is 0.557 bits per heavy atom. The standard InChI is InChI=1S/C30H29N9O2S.C13H16N4O.C12H13N7S.C12H14N4O2.C12H14N4O.C10H10N2O2.2ClH/c31-30-34-25(17-42-30)23(14-18-6-8-19(9-7-18)27-35-37-38-36-27)33-29(40)20-10-11-26-24(15-20)32-28(21-12-13-41-16-21)39(26)22-4-2-1-3-5-22;1-9(10(2)18)8-11-4-6-12(7-5-11)13-14-16-17(3)15-13;13-9(10-6-20-12(14)15-10)5-7-1-3-8(4-2-7)11-16-18-19-17-11;1-8(12(17)18)7-9-3-5-10(6-4-9)11-13-15-16(2)14-11;1-8(9(2)17)7-10-3-5-11(6-4-10)12-13-15-16-14-12;11-6-8-3-1-7(2-4-8)5-9(12)10(13)14;;/h6-13,15-17,22-23H,1-5,14H2,(H2,31,34)(H,33,40)(H,35,36,37,38);4-7,9H,8H2,1-3H3;1-4,6,9H,5,13H2,(H2,14,15)(H,16,17,18,19);3-6,8H,7H2,1-2H3,(H,17,18);3-6,8H,7H2,1-2H3,(H,13,14,15,16);1-4,9H,5,12H2,(H,13,14);2*1H/t23-;2*9-;2*8-;9-;;/m000000../s1. The van der Waals surface area contributed by atoms with Gasteiger partial charge in [-0.15, -0.1) is 62.3 Å². The maximum absolute atomic E-state index is 13.7. The summed E-state index contributed by atoms with van der Waals surface area (Å²) in [4.78, 5) is 72.7. The zero-order chi connectivity index (χ0) is 91.5. The predicted octanol–water partition coefficient (Wildman–Crippen LogP) is 4.52. The summed E-state index contributed by atoms with van der Waals surface area (Å²) in [5.41, 5.74) is 37.6. The van der Waals surface area contributed by atoms with E-state index < -0.39 is 18.0 Å². The Morgan fingerprint density at radius 3 is 1.40 bits per heavy atom. The van der Waals surface area contributed by atoms with Crippen molar-refractivity contribution in [2.75, 3.05) is 11.5 Å². The Bertz CT molecular complexity index is 6200. The lowest BCUT2D eigenvalue weighted by Crippen LogP contribution is -3.00. The number of anilines is 2. The molecule has 678 valence electrons. The van der Waals surface area contributed by atoms with Gasteiger partial charge in [-0.05, 0) is 155 Å². The van der Waals surface area contributed by atoms with E-state index in [0.717, 1.165) is 122 Å². The number of benzene rings is 7. The highest BCUT2D eigenvalue weighted by Gasteiger charge is 2.27. The second kappa shape index (κ2) is 47.9. The van der Waals surface area contributed by atoms with Gasteiger partial charge in [-0.2, -0.15) is 30.5 Å². The van der Waals surface area contributed by atoms with Crippen LogP contribution in [0.2, 0.25) is 0 Å². The summed E-state index contributed by atoms with van der Waals surface area (Å²) in [7, 11) is 3.44. The second-order valence-electron chi connectivity index (χ2n) is 31.0. The predicted molar refractivity (Wildman–Crippen MR) is 480 cm³/mol. The Hall–Kier alpha value is -14.8. The van der Waals surface area contributed by atoms with Crippen molar-refractivity contribution in [1.82, 2.24) is 122 Å². The number of Topliss-reactive ketones (excluding diaryl/α,β-unsaturated/α-hetero) is 2. The van der Waals surface area contributed by atoms with Crippen LogP contribution >= 0.6 is 22.7 Å². The number of thiazole rings is 2. The highest BCUT2D eigenvalue weighted by atomic mass is 35.5. The maximum atomic E-state index is 13.7. The SMILES string of the molecule is CC(=O)[C@@H](C)Cc1ccc(-c2nn[nH]n2)cc1.CC(=O)[C@@H](C)Cc1ccc(-c2nnn(C)n2)cc1.C[C@@H](Cc1ccc(-c2nnn(C)n2)cc1)C(=O)O.N#Cc1ccc(C[C@H](N)C(=O)O)cc1.Nc1[nH+]c([C@@H]([NH3+])Cc2ccc(-c3nn[nH]n3)cc2)cs1.Nc1nc([C@H](Cc2ccc(-c3nn[nH]n3)cc2)NC(=O)c2ccc3c(c2)nc(-c2ccoc2)n3C2CCCCC2)cs1.[Cl-].[Cl-]. The highest BCUT2D eigenvalue weighted by Crippen LogP contribution is 2.37. The number of amides is 1. The first-order valence-corrected chi connectivity index (χ1v) is 43.0. The number of fused-ring (bicyclic) bond motifs is 1. The van der Waals surface area contributed by atoms with E-state index in [1.54, 1.807) is 71.7 Å². The number of tetrazole rings is 5. The average Bonchev–Trinajstić information content (AvgIpc) is 1.61. The van der Waals surface area contributed by atoms with Crippen molar-refractivity contribution in [2.45, 2.75) is 129 Å². The van der Waals surface area contributed by atoms with Gasteiger partial charge in [0.05, 0.1) is 66.2 Å². The van der Waals surface area contributed by atoms with Crippen LogP contribution in [0.15, 0.2) is 198 Å². The Labute approximate surface area is 772 Å². The minimum Gasteiger partial charge on any atom is -1.00 e. The van der Waals surface area contributed by atoms with E-state index in [0.29, 0.717) is 69.4 Å². The Morgan fingerprint density at radius 2 is 1.01 bits per heavy atom. The first kappa shape index (κ1) is 98.4. The summed E-state index contributed by atoms with van der Waals surface area (Å²) in [5.74, 6) is 1.93. The molecule has 1 saturated carbocycles. The number of ketones is 2. The number of nitrogen functional groups attached to an aromatic ring is 2. The summed E-state index contributed by atoms with van der Waals surface area (Å²) in [6.45, 7) is 8.83. The number of H-pyrrole nitrogens is 4. The molecule has 0 unspecified atom stereocenters. The molecule has 131 heavy (non-hydrogen) atoms. The van der Waals surface area contributed by atoms with Crippen molar-refractivity contribution in [3.05, 3.63) is 249 Å². The molecular formula is C89H98Cl2N30O8S2. The van der Waals surface area contributed by atoms with Crippen LogP contribution in [-0.4, -0.2) is 162 Å². The number of nitrogens with zero attached hydrogens (tertiary/aromatic N) is 21. The van der Waals surface area contributed by atoms with Gasteiger partial charge in [-0.1, -0.05) is 185 Å². The number of carbonyl (C=O) groups is 5. The Kier molecular flexibility index (Phi) is 36.0. The zero-order valence-electron chi connectivity index (χ0n) is 72.5. The largest absolute Gasteiger partial charge is 1.00 e. The molecule has 6 atom stereocenters. The van der Waals surface area contributed by atoms with Crippen LogP contribution < -0.4 is 58.0 Å². The second-order valence-corrected chi connectivity index (χ2v) is 32.8. The van der Waals surface area contributed by atoms with Gasteiger partial charge in [0.15, 0.2) is 16.9 Å². The highest BCUT2D eigenvalue weighted by molar-refractivity contribution is 7.13. The van der Waals surface area contributed by atoms with Gasteiger partial charge in [0.25, 0.3) is 5.91 Å². The number of nitrogens with two attached hydrogens (primary N) is 3. The van der Waals surface area contributed by atoms with Gasteiger partial charge in [0, 0.05) is 68.4 Å². The molecule has 1 fully saturated rings. The van der Waals surface area contributed by atoms with Gasteiger partial charge in [-0.25, -0.2) is 15.0 Å². The molecule has 42 heteroatoms. The molecule has 0 bridgehead atoms. The quantitative estimate of drug-likeness (QED) is 0.0338. The number of aryl methyl sites for hydroxylation is 2. The lowest BCUT2D eigenvalue weighted by Gasteiger charge is -2.25. The van der Waals surface area contributed by atoms with E-state index in [4.69, 9.17) is 42.1 Å². The molecule has 1 aliphatic carbocycles. The number of rotatable bonds is 27. The van der Waals surface area contributed by atoms with Crippen molar-refractivity contribution < 1.29 is 74.1 Å². The maximum Gasteiger partial charge on any atom is 0.329 e. The van der Waals surface area contributed by atoms with E-state index in [2.05, 4.69) is 130 Å². The number of aromatic nitrogens is 24. The van der Waals surface area contributed by atoms with E-state index in [1.807, 2.05) is 164 Å². The molecule has 9 aromatic heterocycles. The fourth-order valence-corrected chi connectivity index (χ4v) is 15.0. The summed E-state index contributed by atoms with van der Waals surface area (Å²) in [6, 6.07) is 54.9. The molecule has 0 saturated heterocycles.